The Morgan fingerprint density at radius 2 is 1.34 bits per heavy atom. The van der Waals surface area contributed by atoms with Crippen LogP contribution in [0.5, 0.6) is 5.75 Å². The molecule has 0 spiro atoms. The molecule has 6 aromatic rings. The lowest BCUT2D eigenvalue weighted by Crippen LogP contribution is -2.52. The fourth-order valence-corrected chi connectivity index (χ4v) is 18.9. The number of fused-ring (bicyclic) bond motifs is 4. The van der Waals surface area contributed by atoms with Gasteiger partial charge in [-0.3, -0.25) is 32.5 Å². The van der Waals surface area contributed by atoms with Gasteiger partial charge in [0.25, 0.3) is 46.4 Å². The highest BCUT2D eigenvalue weighted by molar-refractivity contribution is 7.86. The molecule has 3 heterocycles. The van der Waals surface area contributed by atoms with Crippen LogP contribution in [0.25, 0.3) is 11.3 Å². The molecule has 5 aromatic carbocycles. The van der Waals surface area contributed by atoms with Crippen LogP contribution in [0.4, 0.5) is 11.4 Å². The van der Waals surface area contributed by atoms with E-state index in [1.54, 1.807) is 12.1 Å². The Morgan fingerprint density at radius 1 is 0.685 bits per heavy atom. The molecule has 3 aliphatic carbocycles. The number of halogens is 1. The Kier molecular flexibility index (Phi) is 24.7. The summed E-state index contributed by atoms with van der Waals surface area (Å²) in [5.41, 5.74) is 9.46. The van der Waals surface area contributed by atoms with E-state index in [2.05, 4.69) is 65.6 Å². The molecule has 580 valence electrons. The number of amides is 2. The van der Waals surface area contributed by atoms with Gasteiger partial charge in [-0.15, -0.1) is 0 Å². The quantitative estimate of drug-likeness (QED) is 0.0114. The van der Waals surface area contributed by atoms with Gasteiger partial charge in [0, 0.05) is 83.6 Å². The van der Waals surface area contributed by atoms with E-state index in [1.807, 2.05) is 92.8 Å². The zero-order valence-electron chi connectivity index (χ0n) is 62.7. The van der Waals surface area contributed by atoms with E-state index >= 15 is 0 Å². The van der Waals surface area contributed by atoms with Crippen molar-refractivity contribution in [3.8, 4) is 17.0 Å². The fraction of sp³-hybridized carbons (Fsp3) is 0.457. The Labute approximate surface area is 641 Å². The van der Waals surface area contributed by atoms with Crippen LogP contribution in [0.3, 0.4) is 0 Å². The summed E-state index contributed by atoms with van der Waals surface area (Å²) >= 11 is 6.45. The van der Waals surface area contributed by atoms with Crippen LogP contribution in [-0.4, -0.2) is 122 Å². The SMILES string of the molecule is Cc1cc(-c2cc(C(=O)NC3C4(C)CCC(C4)C3(C)C)nn2Cc2ccc(CNCCCCCCNC(=O)CCCCC[N+]3=C(/C=C/C4=C(Oc5ccc(S(=O)(=O)O)cc5)C(=C/C=C5/N(CCCCS(=O)(=O)O)c6ccc(S(=O)(=O)O)cc6C5(C)C)/CCC4)C(C)(C)c4cc(S(=O)(=O)O)ccc43)cc2)ccc1Cl. The number of anilines is 1. The van der Waals surface area contributed by atoms with E-state index in [0.717, 1.165) is 102 Å². The molecule has 2 fully saturated rings. The normalized spacial score (nSPS) is 20.3. The number of hydrogen-bond acceptors (Lipinski definition) is 14. The lowest BCUT2D eigenvalue weighted by Gasteiger charge is -2.42. The molecule has 2 saturated carbocycles. The first kappa shape index (κ1) is 81.4. The molecule has 2 bridgehead atoms. The van der Waals surface area contributed by atoms with Gasteiger partial charge in [-0.1, -0.05) is 95.5 Å². The van der Waals surface area contributed by atoms with E-state index in [1.165, 1.54) is 55.0 Å². The van der Waals surface area contributed by atoms with Gasteiger partial charge < -0.3 is 25.6 Å². The van der Waals surface area contributed by atoms with Crippen LogP contribution in [-0.2, 0) is 69.2 Å². The van der Waals surface area contributed by atoms with E-state index in [4.69, 9.17) is 21.4 Å². The van der Waals surface area contributed by atoms with E-state index in [9.17, 15) is 61.5 Å². The summed E-state index contributed by atoms with van der Waals surface area (Å²) in [6.45, 7) is 20.0. The van der Waals surface area contributed by atoms with Gasteiger partial charge in [-0.25, -0.2) is 0 Å². The smallest absolute Gasteiger partial charge is 0.294 e. The first-order chi connectivity index (χ1) is 50.8. The maximum Gasteiger partial charge on any atom is 0.294 e. The van der Waals surface area contributed by atoms with Crippen molar-refractivity contribution in [2.45, 2.75) is 203 Å². The lowest BCUT2D eigenvalue weighted by molar-refractivity contribution is -0.438. The van der Waals surface area contributed by atoms with E-state index in [-0.39, 0.29) is 62.1 Å². The van der Waals surface area contributed by atoms with Crippen molar-refractivity contribution in [1.29, 1.82) is 0 Å². The first-order valence-corrected chi connectivity index (χ1v) is 43.5. The van der Waals surface area contributed by atoms with Gasteiger partial charge in [-0.05, 0) is 239 Å². The molecule has 3 unspecified atom stereocenters. The number of nitrogens with one attached hydrogen (secondary N) is 3. The van der Waals surface area contributed by atoms with Crippen LogP contribution in [0, 0.1) is 23.7 Å². The molecule has 22 nitrogen and oxygen atoms in total. The second-order valence-corrected chi connectivity index (χ2v) is 37.7. The van der Waals surface area contributed by atoms with Crippen LogP contribution in [0.1, 0.15) is 190 Å². The predicted octanol–water partition coefficient (Wildman–Crippen LogP) is 15.0. The van der Waals surface area contributed by atoms with Gasteiger partial charge in [-0.2, -0.15) is 43.3 Å². The number of ether oxygens (including phenoxy) is 1. The number of benzene rings is 5. The maximum absolute atomic E-state index is 14.0. The molecule has 11 rings (SSSR count). The summed E-state index contributed by atoms with van der Waals surface area (Å²) in [4.78, 5) is 28.2. The van der Waals surface area contributed by atoms with Gasteiger partial charge in [0.2, 0.25) is 11.6 Å². The number of aromatic nitrogens is 2. The number of allylic oxidation sites excluding steroid dienone is 7. The first-order valence-electron chi connectivity index (χ1n) is 37.2. The Balaban J connectivity index is 0.697. The van der Waals surface area contributed by atoms with Crippen LogP contribution >= 0.6 is 11.6 Å². The van der Waals surface area contributed by atoms with Crippen LogP contribution in [0.2, 0.25) is 5.02 Å². The average molecular weight is 1580 g/mol. The summed E-state index contributed by atoms with van der Waals surface area (Å²) in [6, 6.07) is 30.5. The Bertz CT molecular complexity index is 5060. The summed E-state index contributed by atoms with van der Waals surface area (Å²) in [7, 11) is -18.0. The average Bonchev–Trinajstić information content (AvgIpc) is 1.59. The fourth-order valence-electron chi connectivity index (χ4n) is 16.7. The zero-order valence-corrected chi connectivity index (χ0v) is 66.7. The maximum atomic E-state index is 14.0. The van der Waals surface area contributed by atoms with Crippen molar-refractivity contribution in [2.75, 3.05) is 36.8 Å². The molecule has 108 heavy (non-hydrogen) atoms. The molecule has 1 aromatic heterocycles. The number of nitrogens with zero attached hydrogens (tertiary/aromatic N) is 4. The minimum atomic E-state index is -4.59. The predicted molar refractivity (Wildman–Crippen MR) is 420 cm³/mol. The second-order valence-electron chi connectivity index (χ2n) is 31.5. The van der Waals surface area contributed by atoms with Gasteiger partial charge in [0.15, 0.2) is 11.4 Å². The van der Waals surface area contributed by atoms with Crippen molar-refractivity contribution in [3.05, 3.63) is 195 Å². The summed E-state index contributed by atoms with van der Waals surface area (Å²) in [5.74, 6) is 0.685. The summed E-state index contributed by atoms with van der Waals surface area (Å²) < 4.78 is 148. The Morgan fingerprint density at radius 3 is 2.01 bits per heavy atom. The Hall–Kier alpha value is -7.63. The number of aryl methyl sites for hydroxylation is 1. The van der Waals surface area contributed by atoms with Crippen LogP contribution in [0.15, 0.2) is 171 Å². The lowest BCUT2D eigenvalue weighted by atomic mass is 9.68. The third-order valence-electron chi connectivity index (χ3n) is 22.6. The summed E-state index contributed by atoms with van der Waals surface area (Å²) in [6.07, 6.45) is 19.5. The largest absolute Gasteiger partial charge is 0.457 e. The summed E-state index contributed by atoms with van der Waals surface area (Å²) in [5, 5.41) is 15.7. The third-order valence-corrected chi connectivity index (χ3v) is 26.4. The number of rotatable bonds is 33. The number of carbonyl (C=O) groups is 2. The minimum absolute atomic E-state index is 0.0141. The molecular weight excluding hydrogens is 1470 g/mol. The molecule has 5 aliphatic rings. The van der Waals surface area contributed by atoms with Gasteiger partial charge in [0.1, 0.15) is 18.1 Å². The molecular formula is C81H101ClN7O15S4+. The molecule has 3 atom stereocenters. The number of hydrogen-bond donors (Lipinski definition) is 7. The number of carbonyl (C=O) groups excluding carboxylic acids is 2. The molecule has 0 radical (unpaired) electrons. The minimum Gasteiger partial charge on any atom is -0.457 e. The highest BCUT2D eigenvalue weighted by Crippen LogP contribution is 2.62. The highest BCUT2D eigenvalue weighted by atomic mass is 35.5. The molecule has 2 aliphatic heterocycles. The van der Waals surface area contributed by atoms with Crippen molar-refractivity contribution in [3.63, 3.8) is 0 Å². The standard InChI is InChI=1S/C81H100ClN7O15S4/c1-54-47-59(26-35-67(54)82)71-50-68(76(91)85-77-78(2,3)60-40-41-81(77,8)51-60)86-89(71)53-56-24-22-55(23-25-56)52-83-42-13-9-10-14-43-84-74(90)21-12-11-15-44-87-69-36-33-63(107(98,99)100)48-65(69)79(4,5)72(87)38-27-57-19-18-20-58(75(57)104-61-29-31-62(32-30-61)106(95,96)97)28-39-73-80(6,7)66-49-64(108(101,102)103)34-37-70(66)88(73)45-16-17-46-105(92,93)94/h22-39,47-50,60,77,83H,9-21,40-46,51-53H2,1-8H3,(H5-,84,85,90,91,92,93,94,95,96,97,98,99,100,101,102,103)/p+1. The van der Waals surface area contributed by atoms with Crippen molar-refractivity contribution >= 4 is 81.0 Å². The highest BCUT2D eigenvalue weighted by Gasteiger charge is 2.60. The van der Waals surface area contributed by atoms with Crippen molar-refractivity contribution in [1.82, 2.24) is 25.7 Å². The molecule has 0 saturated heterocycles. The zero-order chi connectivity index (χ0) is 77.9. The van der Waals surface area contributed by atoms with Crippen molar-refractivity contribution < 1.29 is 70.8 Å². The van der Waals surface area contributed by atoms with Crippen molar-refractivity contribution in [2.24, 2.45) is 16.7 Å². The monoisotopic (exact) mass is 1570 g/mol. The number of unbranched alkanes of at least 4 members (excludes halogenated alkanes) is 6. The van der Waals surface area contributed by atoms with Gasteiger partial charge in [0.05, 0.1) is 38.1 Å². The van der Waals surface area contributed by atoms with E-state index in [0.29, 0.717) is 116 Å². The topological polar surface area (TPSA) is 321 Å². The van der Waals surface area contributed by atoms with Crippen LogP contribution < -0.4 is 25.6 Å². The molecule has 27 heteroatoms. The van der Waals surface area contributed by atoms with Gasteiger partial charge >= 0.3 is 0 Å². The second kappa shape index (κ2) is 32.7. The van der Waals surface area contributed by atoms with E-state index < -0.39 is 57.1 Å². The third kappa shape index (κ3) is 18.9. The molecule has 7 N–H and O–H groups in total. The molecule has 2 amide bonds.